The first-order valence-electron chi connectivity index (χ1n) is 10.1. The molecule has 156 valence electrons. The molecular formula is C22H33BrN2O3. The van der Waals surface area contributed by atoms with Crippen molar-refractivity contribution >= 4 is 27.9 Å². The van der Waals surface area contributed by atoms with Gasteiger partial charge in [0.15, 0.2) is 0 Å². The molecule has 1 saturated carbocycles. The van der Waals surface area contributed by atoms with Gasteiger partial charge in [-0.15, -0.1) is 0 Å². The molecule has 1 aromatic carbocycles. The summed E-state index contributed by atoms with van der Waals surface area (Å²) >= 11 is 3.53. The van der Waals surface area contributed by atoms with E-state index in [2.05, 4.69) is 66.4 Å². The molecule has 2 N–H and O–H groups in total. The fraction of sp³-hybridized carbons (Fsp3) is 0.636. The molecule has 0 heterocycles. The Balaban J connectivity index is 1.75. The summed E-state index contributed by atoms with van der Waals surface area (Å²) in [5.74, 6) is 0.876. The van der Waals surface area contributed by atoms with Gasteiger partial charge in [0.05, 0.1) is 0 Å². The summed E-state index contributed by atoms with van der Waals surface area (Å²) in [6.07, 6.45) is 2.73. The molecule has 0 radical (unpaired) electrons. The number of benzene rings is 1. The molecule has 0 bridgehead atoms. The highest BCUT2D eigenvalue weighted by Gasteiger charge is 2.28. The van der Waals surface area contributed by atoms with Crippen LogP contribution in [0.1, 0.15) is 65.0 Å². The Morgan fingerprint density at radius 3 is 2.54 bits per heavy atom. The topological polar surface area (TPSA) is 67.4 Å². The van der Waals surface area contributed by atoms with Crippen molar-refractivity contribution in [3.63, 3.8) is 0 Å². The van der Waals surface area contributed by atoms with Gasteiger partial charge in [0.1, 0.15) is 12.6 Å². The quantitative estimate of drug-likeness (QED) is 0.643. The Morgan fingerprint density at radius 1 is 1.21 bits per heavy atom. The summed E-state index contributed by atoms with van der Waals surface area (Å²) in [6, 6.07) is 6.17. The van der Waals surface area contributed by atoms with Crippen LogP contribution >= 0.6 is 15.9 Å². The molecule has 5 nitrogen and oxygen atoms in total. The first-order valence-corrected chi connectivity index (χ1v) is 10.8. The van der Waals surface area contributed by atoms with Crippen LogP contribution in [0.15, 0.2) is 22.7 Å². The Bertz CT molecular complexity index is 700. The number of alkyl carbamates (subject to hydrolysis) is 1. The molecule has 3 atom stereocenters. The van der Waals surface area contributed by atoms with Crippen LogP contribution < -0.4 is 10.6 Å². The van der Waals surface area contributed by atoms with Gasteiger partial charge in [-0.3, -0.25) is 4.79 Å². The van der Waals surface area contributed by atoms with Crippen molar-refractivity contribution in [1.82, 2.24) is 10.6 Å². The van der Waals surface area contributed by atoms with Crippen LogP contribution in [0.25, 0.3) is 0 Å². The molecule has 1 fully saturated rings. The monoisotopic (exact) mass is 452 g/mol. The molecular weight excluding hydrogens is 420 g/mol. The second kappa shape index (κ2) is 9.77. The summed E-state index contributed by atoms with van der Waals surface area (Å²) in [4.78, 5) is 24.0. The Kier molecular flexibility index (Phi) is 7.93. The summed E-state index contributed by atoms with van der Waals surface area (Å²) in [5, 5.41) is 5.39. The lowest BCUT2D eigenvalue weighted by atomic mass is 9.86. The lowest BCUT2D eigenvalue weighted by molar-refractivity contribution is -0.120. The fourth-order valence-corrected chi connectivity index (χ4v) is 4.13. The minimum atomic E-state index is -0.528. The number of rotatable bonds is 6. The van der Waals surface area contributed by atoms with E-state index in [-0.39, 0.29) is 24.0 Å². The molecule has 1 aromatic rings. The van der Waals surface area contributed by atoms with Crippen molar-refractivity contribution in [2.45, 2.75) is 71.9 Å². The lowest BCUT2D eigenvalue weighted by Crippen LogP contribution is -2.38. The molecule has 3 unspecified atom stereocenters. The van der Waals surface area contributed by atoms with Gasteiger partial charge in [-0.05, 0) is 60.3 Å². The molecule has 1 aliphatic carbocycles. The van der Waals surface area contributed by atoms with Gasteiger partial charge in [-0.2, -0.15) is 0 Å². The lowest BCUT2D eigenvalue weighted by Gasteiger charge is -2.21. The highest BCUT2D eigenvalue weighted by Crippen LogP contribution is 2.33. The van der Waals surface area contributed by atoms with Gasteiger partial charge in [0, 0.05) is 11.0 Å². The molecule has 0 aromatic heterocycles. The van der Waals surface area contributed by atoms with Crippen LogP contribution in [-0.4, -0.2) is 24.6 Å². The van der Waals surface area contributed by atoms with E-state index in [4.69, 9.17) is 4.74 Å². The standard InChI is InChI=1S/C22H33BrN2O3/c1-14-6-7-17(8-14)15(2)28-21(27)25-13-20(26)24-12-16-9-18(22(3,4)5)11-19(23)10-16/h9-11,14-15,17H,6-8,12-13H2,1-5H3,(H,24,26)(H,25,27). The minimum Gasteiger partial charge on any atom is -0.446 e. The summed E-state index contributed by atoms with van der Waals surface area (Å²) in [6.45, 7) is 10.9. The zero-order valence-corrected chi connectivity index (χ0v) is 19.2. The normalized spacial score (nSPS) is 20.5. The van der Waals surface area contributed by atoms with Crippen LogP contribution in [0.5, 0.6) is 0 Å². The molecule has 28 heavy (non-hydrogen) atoms. The SMILES string of the molecule is CC1CCC(C(C)OC(=O)NCC(=O)NCc2cc(Br)cc(C(C)(C)C)c2)C1. The zero-order chi connectivity index (χ0) is 20.9. The van der Waals surface area contributed by atoms with E-state index < -0.39 is 6.09 Å². The number of amides is 2. The Morgan fingerprint density at radius 2 is 1.93 bits per heavy atom. The van der Waals surface area contributed by atoms with E-state index in [1.807, 2.05) is 13.0 Å². The Labute approximate surface area is 177 Å². The van der Waals surface area contributed by atoms with Crippen molar-refractivity contribution < 1.29 is 14.3 Å². The van der Waals surface area contributed by atoms with E-state index in [0.29, 0.717) is 18.4 Å². The van der Waals surface area contributed by atoms with Crippen molar-refractivity contribution in [2.75, 3.05) is 6.54 Å². The second-order valence-electron chi connectivity index (χ2n) is 9.02. The first kappa shape index (κ1) is 22.7. The average molecular weight is 453 g/mol. The van der Waals surface area contributed by atoms with Crippen LogP contribution in [0.4, 0.5) is 4.79 Å². The van der Waals surface area contributed by atoms with Gasteiger partial charge >= 0.3 is 6.09 Å². The summed E-state index contributed by atoms with van der Waals surface area (Å²) < 4.78 is 6.42. The number of carbonyl (C=O) groups excluding carboxylic acids is 2. The Hall–Kier alpha value is -1.56. The van der Waals surface area contributed by atoms with E-state index in [1.165, 1.54) is 12.0 Å². The maximum Gasteiger partial charge on any atom is 0.407 e. The largest absolute Gasteiger partial charge is 0.446 e. The molecule has 1 aliphatic rings. The number of nitrogens with one attached hydrogen (secondary N) is 2. The van der Waals surface area contributed by atoms with Gasteiger partial charge in [0.2, 0.25) is 5.91 Å². The van der Waals surface area contributed by atoms with Gasteiger partial charge in [-0.25, -0.2) is 4.79 Å². The molecule has 2 rings (SSSR count). The van der Waals surface area contributed by atoms with E-state index in [1.54, 1.807) is 0 Å². The molecule has 0 saturated heterocycles. The predicted molar refractivity (Wildman–Crippen MR) is 115 cm³/mol. The molecule has 0 spiro atoms. The maximum absolute atomic E-state index is 12.1. The number of halogens is 1. The molecule has 0 aliphatic heterocycles. The smallest absolute Gasteiger partial charge is 0.407 e. The van der Waals surface area contributed by atoms with Crippen molar-refractivity contribution in [1.29, 1.82) is 0 Å². The third kappa shape index (κ3) is 7.12. The third-order valence-corrected chi connectivity index (χ3v) is 5.86. The van der Waals surface area contributed by atoms with Gasteiger partial charge in [-0.1, -0.05) is 56.1 Å². The second-order valence-corrected chi connectivity index (χ2v) is 9.93. The van der Waals surface area contributed by atoms with E-state index >= 15 is 0 Å². The highest BCUT2D eigenvalue weighted by molar-refractivity contribution is 9.10. The fourth-order valence-electron chi connectivity index (χ4n) is 3.59. The minimum absolute atomic E-state index is 0.0294. The van der Waals surface area contributed by atoms with Crippen molar-refractivity contribution in [3.8, 4) is 0 Å². The average Bonchev–Trinajstić information content (AvgIpc) is 3.03. The number of hydrogen-bond donors (Lipinski definition) is 2. The maximum atomic E-state index is 12.1. The zero-order valence-electron chi connectivity index (χ0n) is 17.6. The highest BCUT2D eigenvalue weighted by atomic mass is 79.9. The predicted octanol–water partition coefficient (Wildman–Crippen LogP) is 4.91. The summed E-state index contributed by atoms with van der Waals surface area (Å²) in [7, 11) is 0. The molecule has 2 amide bonds. The van der Waals surface area contributed by atoms with Crippen LogP contribution in [0, 0.1) is 11.8 Å². The molecule has 6 heteroatoms. The van der Waals surface area contributed by atoms with Crippen LogP contribution in [-0.2, 0) is 21.5 Å². The number of hydrogen-bond acceptors (Lipinski definition) is 3. The van der Waals surface area contributed by atoms with Crippen molar-refractivity contribution in [3.05, 3.63) is 33.8 Å². The van der Waals surface area contributed by atoms with Crippen LogP contribution in [0.2, 0.25) is 0 Å². The van der Waals surface area contributed by atoms with Crippen LogP contribution in [0.3, 0.4) is 0 Å². The number of carbonyl (C=O) groups is 2. The summed E-state index contributed by atoms with van der Waals surface area (Å²) in [5.41, 5.74) is 2.24. The first-order chi connectivity index (χ1) is 13.0. The third-order valence-electron chi connectivity index (χ3n) is 5.40. The van der Waals surface area contributed by atoms with E-state index in [0.717, 1.165) is 22.9 Å². The number of ether oxygens (including phenoxy) is 1. The van der Waals surface area contributed by atoms with Gasteiger partial charge < -0.3 is 15.4 Å². The van der Waals surface area contributed by atoms with E-state index in [9.17, 15) is 9.59 Å². The van der Waals surface area contributed by atoms with Crippen molar-refractivity contribution in [2.24, 2.45) is 11.8 Å². The van der Waals surface area contributed by atoms with Gasteiger partial charge in [0.25, 0.3) is 0 Å².